The molecular weight excluding hydrogens is 342 g/mol. The van der Waals surface area contributed by atoms with E-state index in [0.717, 1.165) is 18.4 Å². The Morgan fingerprint density at radius 1 is 1.32 bits per heavy atom. The molecule has 2 heterocycles. The largest absolute Gasteiger partial charge is 0.376 e. The summed E-state index contributed by atoms with van der Waals surface area (Å²) in [5.41, 5.74) is 0.884. The zero-order valence-electron chi connectivity index (χ0n) is 14.3. The average molecular weight is 365 g/mol. The lowest BCUT2D eigenvalue weighted by atomic mass is 10.1. The summed E-state index contributed by atoms with van der Waals surface area (Å²) in [5.74, 6) is 1.21. The fourth-order valence-electron chi connectivity index (χ4n) is 2.85. The number of hydrogen-bond acceptors (Lipinski definition) is 6. The quantitative estimate of drug-likeness (QED) is 0.747. The van der Waals surface area contributed by atoms with Gasteiger partial charge in [0.15, 0.2) is 5.82 Å². The number of aromatic nitrogens is 2. The molecule has 1 fully saturated rings. The maximum absolute atomic E-state index is 12.0. The summed E-state index contributed by atoms with van der Waals surface area (Å²) in [4.78, 5) is 4.37. The van der Waals surface area contributed by atoms with Crippen LogP contribution in [0.15, 0.2) is 34.9 Å². The van der Waals surface area contributed by atoms with Gasteiger partial charge in [-0.1, -0.05) is 23.4 Å². The van der Waals surface area contributed by atoms with Gasteiger partial charge in [-0.2, -0.15) is 9.29 Å². The van der Waals surface area contributed by atoms with Crippen molar-refractivity contribution in [1.82, 2.24) is 14.4 Å². The van der Waals surface area contributed by atoms with Crippen LogP contribution in [-0.2, 0) is 21.2 Å². The first-order valence-corrected chi connectivity index (χ1v) is 10.2. The van der Waals surface area contributed by atoms with Crippen LogP contribution >= 0.6 is 0 Å². The van der Waals surface area contributed by atoms with Crippen LogP contribution in [0.3, 0.4) is 0 Å². The molecule has 1 aromatic heterocycles. The number of piperidine rings is 1. The number of nitrogens with zero attached hydrogens (tertiary/aromatic N) is 3. The maximum Gasteiger partial charge on any atom is 0.257 e. The SMILES string of the molecule is CCS(=O)(=O)N1CCCC(OCCc2noc(-c3ccccc3)n2)C1. The van der Waals surface area contributed by atoms with Gasteiger partial charge in [0.2, 0.25) is 10.0 Å². The lowest BCUT2D eigenvalue weighted by Gasteiger charge is -2.31. The number of hydrogen-bond donors (Lipinski definition) is 0. The summed E-state index contributed by atoms with van der Waals surface area (Å²) >= 11 is 0. The molecule has 0 N–H and O–H groups in total. The molecule has 0 amide bonds. The van der Waals surface area contributed by atoms with E-state index in [4.69, 9.17) is 9.26 Å². The van der Waals surface area contributed by atoms with Gasteiger partial charge < -0.3 is 9.26 Å². The highest BCUT2D eigenvalue weighted by atomic mass is 32.2. The number of rotatable bonds is 7. The van der Waals surface area contributed by atoms with E-state index < -0.39 is 10.0 Å². The van der Waals surface area contributed by atoms with Crippen molar-refractivity contribution in [1.29, 1.82) is 0 Å². The average Bonchev–Trinajstić information content (AvgIpc) is 3.12. The third-order valence-corrected chi connectivity index (χ3v) is 6.12. The van der Waals surface area contributed by atoms with Crippen LogP contribution < -0.4 is 0 Å². The van der Waals surface area contributed by atoms with E-state index in [1.54, 1.807) is 6.92 Å². The predicted octanol–water partition coefficient (Wildman–Crippen LogP) is 2.11. The van der Waals surface area contributed by atoms with Crippen LogP contribution in [0.25, 0.3) is 11.5 Å². The molecule has 8 heteroatoms. The standard InChI is InChI=1S/C17H23N3O4S/c1-2-25(21,22)20-11-6-9-15(13-20)23-12-10-16-18-17(24-19-16)14-7-4-3-5-8-14/h3-5,7-8,15H,2,6,9-13H2,1H3. The van der Waals surface area contributed by atoms with Gasteiger partial charge in [0.25, 0.3) is 5.89 Å². The Balaban J connectivity index is 1.49. The van der Waals surface area contributed by atoms with E-state index in [2.05, 4.69) is 10.1 Å². The molecule has 3 rings (SSSR count). The third kappa shape index (κ3) is 4.65. The first-order valence-electron chi connectivity index (χ1n) is 8.56. The van der Waals surface area contributed by atoms with Crippen molar-refractivity contribution in [3.8, 4) is 11.5 Å². The third-order valence-electron chi connectivity index (χ3n) is 4.27. The summed E-state index contributed by atoms with van der Waals surface area (Å²) in [5, 5.41) is 3.97. The molecule has 1 atom stereocenters. The summed E-state index contributed by atoms with van der Waals surface area (Å²) in [6.45, 7) is 3.12. The summed E-state index contributed by atoms with van der Waals surface area (Å²) in [7, 11) is -3.15. The molecule has 1 saturated heterocycles. The number of benzene rings is 1. The second-order valence-electron chi connectivity index (χ2n) is 6.03. The van der Waals surface area contributed by atoms with E-state index in [-0.39, 0.29) is 11.9 Å². The molecule has 0 saturated carbocycles. The molecule has 1 aromatic carbocycles. The van der Waals surface area contributed by atoms with Gasteiger partial charge in [0, 0.05) is 25.1 Å². The zero-order chi connectivity index (χ0) is 17.7. The Morgan fingerprint density at radius 3 is 2.88 bits per heavy atom. The monoisotopic (exact) mass is 365 g/mol. The fourth-order valence-corrected chi connectivity index (χ4v) is 4.01. The van der Waals surface area contributed by atoms with Gasteiger partial charge in [-0.05, 0) is 31.9 Å². The Morgan fingerprint density at radius 2 is 2.12 bits per heavy atom. The second-order valence-corrected chi connectivity index (χ2v) is 8.28. The Labute approximate surface area is 148 Å². The van der Waals surface area contributed by atoms with Crippen molar-refractivity contribution in [3.63, 3.8) is 0 Å². The molecule has 1 aliphatic rings. The van der Waals surface area contributed by atoms with Crippen LogP contribution in [0.1, 0.15) is 25.6 Å². The molecule has 0 aliphatic carbocycles. The number of ether oxygens (including phenoxy) is 1. The minimum Gasteiger partial charge on any atom is -0.376 e. The van der Waals surface area contributed by atoms with Gasteiger partial charge in [-0.3, -0.25) is 0 Å². The highest BCUT2D eigenvalue weighted by Crippen LogP contribution is 2.18. The van der Waals surface area contributed by atoms with E-state index in [1.807, 2.05) is 30.3 Å². The fraction of sp³-hybridized carbons (Fsp3) is 0.529. The lowest BCUT2D eigenvalue weighted by Crippen LogP contribution is -2.44. The Bertz CT molecular complexity index is 776. The van der Waals surface area contributed by atoms with Crippen molar-refractivity contribution in [2.45, 2.75) is 32.3 Å². The smallest absolute Gasteiger partial charge is 0.257 e. The van der Waals surface area contributed by atoms with Crippen molar-refractivity contribution in [3.05, 3.63) is 36.2 Å². The van der Waals surface area contributed by atoms with Crippen LogP contribution in [0, 0.1) is 0 Å². The van der Waals surface area contributed by atoms with Gasteiger partial charge in [0.05, 0.1) is 18.5 Å². The summed E-state index contributed by atoms with van der Waals surface area (Å²) < 4.78 is 36.6. The first kappa shape index (κ1) is 18.0. The minimum atomic E-state index is -3.15. The van der Waals surface area contributed by atoms with E-state index in [1.165, 1.54) is 4.31 Å². The van der Waals surface area contributed by atoms with Crippen molar-refractivity contribution in [2.75, 3.05) is 25.4 Å². The molecule has 25 heavy (non-hydrogen) atoms. The molecule has 2 aromatic rings. The van der Waals surface area contributed by atoms with Crippen LogP contribution in [0.2, 0.25) is 0 Å². The molecule has 0 spiro atoms. The van der Waals surface area contributed by atoms with Crippen molar-refractivity contribution < 1.29 is 17.7 Å². The van der Waals surface area contributed by atoms with E-state index in [0.29, 0.717) is 37.8 Å². The molecule has 136 valence electrons. The van der Waals surface area contributed by atoms with Gasteiger partial charge >= 0.3 is 0 Å². The Kier molecular flexibility index (Phi) is 5.82. The minimum absolute atomic E-state index is 0.0735. The lowest BCUT2D eigenvalue weighted by molar-refractivity contribution is 0.0199. The van der Waals surface area contributed by atoms with Gasteiger partial charge in [-0.25, -0.2) is 8.42 Å². The molecular formula is C17H23N3O4S. The van der Waals surface area contributed by atoms with E-state index >= 15 is 0 Å². The van der Waals surface area contributed by atoms with Crippen molar-refractivity contribution >= 4 is 10.0 Å². The summed E-state index contributed by atoms with van der Waals surface area (Å²) in [6.07, 6.45) is 2.16. The first-order chi connectivity index (χ1) is 12.1. The highest BCUT2D eigenvalue weighted by molar-refractivity contribution is 7.89. The maximum atomic E-state index is 12.0. The van der Waals surface area contributed by atoms with Crippen LogP contribution in [-0.4, -0.2) is 54.4 Å². The normalized spacial score (nSPS) is 19.2. The van der Waals surface area contributed by atoms with Crippen molar-refractivity contribution in [2.24, 2.45) is 0 Å². The molecule has 0 bridgehead atoms. The zero-order valence-corrected chi connectivity index (χ0v) is 15.1. The second kappa shape index (κ2) is 8.07. The van der Waals surface area contributed by atoms with E-state index in [9.17, 15) is 8.42 Å². The van der Waals surface area contributed by atoms with Crippen LogP contribution in [0.5, 0.6) is 0 Å². The highest BCUT2D eigenvalue weighted by Gasteiger charge is 2.28. The molecule has 1 aliphatic heterocycles. The summed E-state index contributed by atoms with van der Waals surface area (Å²) in [6, 6.07) is 9.60. The van der Waals surface area contributed by atoms with Crippen LogP contribution in [0.4, 0.5) is 0 Å². The predicted molar refractivity (Wildman–Crippen MR) is 93.4 cm³/mol. The van der Waals surface area contributed by atoms with Gasteiger partial charge in [-0.15, -0.1) is 0 Å². The topological polar surface area (TPSA) is 85.5 Å². The Hall–Kier alpha value is -1.77. The van der Waals surface area contributed by atoms with Gasteiger partial charge in [0.1, 0.15) is 0 Å². The molecule has 7 nitrogen and oxygen atoms in total. The molecule has 0 radical (unpaired) electrons. The molecule has 1 unspecified atom stereocenters. The number of sulfonamides is 1.